The molecule has 2 heterocycles. The molecule has 150 valence electrons. The summed E-state index contributed by atoms with van der Waals surface area (Å²) in [6, 6.07) is 5.49. The van der Waals surface area contributed by atoms with Gasteiger partial charge in [-0.25, -0.2) is 4.79 Å². The smallest absolute Gasteiger partial charge is 0.408 e. The summed E-state index contributed by atoms with van der Waals surface area (Å²) in [4.78, 5) is 52.7. The lowest BCUT2D eigenvalue weighted by Gasteiger charge is -2.41. The first-order valence-corrected chi connectivity index (χ1v) is 9.30. The van der Waals surface area contributed by atoms with Gasteiger partial charge in [0, 0.05) is 20.0 Å². The van der Waals surface area contributed by atoms with Crippen molar-refractivity contribution >= 4 is 23.8 Å². The number of nitrogens with one attached hydrogen (secondary N) is 1. The van der Waals surface area contributed by atoms with Crippen molar-refractivity contribution in [2.75, 3.05) is 13.1 Å². The molecule has 1 saturated heterocycles. The van der Waals surface area contributed by atoms with E-state index in [1.807, 2.05) is 0 Å². The van der Waals surface area contributed by atoms with Gasteiger partial charge < -0.3 is 15.0 Å². The van der Waals surface area contributed by atoms with E-state index in [9.17, 15) is 19.2 Å². The van der Waals surface area contributed by atoms with E-state index >= 15 is 0 Å². The zero-order valence-corrected chi connectivity index (χ0v) is 16.5. The Morgan fingerprint density at radius 2 is 1.68 bits per heavy atom. The number of alkyl carbamates (subject to hydrolysis) is 1. The van der Waals surface area contributed by atoms with Crippen LogP contribution in [0.1, 0.15) is 54.8 Å². The van der Waals surface area contributed by atoms with E-state index in [4.69, 9.17) is 4.74 Å². The number of carbonyl (C=O) groups is 4. The molecule has 0 aromatic heterocycles. The second-order valence-corrected chi connectivity index (χ2v) is 8.10. The van der Waals surface area contributed by atoms with Crippen molar-refractivity contribution in [1.82, 2.24) is 15.1 Å². The summed E-state index contributed by atoms with van der Waals surface area (Å²) >= 11 is 0. The second kappa shape index (κ2) is 7.26. The van der Waals surface area contributed by atoms with Gasteiger partial charge in [-0.15, -0.1) is 0 Å². The fourth-order valence-electron chi connectivity index (χ4n) is 3.64. The standard InChI is InChI=1S/C20H25N3O5/c1-12(24)22-10-9-16(15(11-22)21-19(27)28-20(2,3)4)23-17(25)13-7-5-6-8-14(13)18(23)26/h5-8,15-16H,9-11H2,1-4H3,(H,21,27)/t15-,16+/m0/s1. The Kier molecular flexibility index (Phi) is 5.14. The predicted molar refractivity (Wildman–Crippen MR) is 101 cm³/mol. The number of amides is 4. The molecule has 0 aliphatic carbocycles. The fraction of sp³-hybridized carbons (Fsp3) is 0.500. The highest BCUT2D eigenvalue weighted by molar-refractivity contribution is 6.21. The summed E-state index contributed by atoms with van der Waals surface area (Å²) in [5, 5.41) is 2.75. The van der Waals surface area contributed by atoms with Crippen LogP contribution >= 0.6 is 0 Å². The Morgan fingerprint density at radius 1 is 1.11 bits per heavy atom. The molecule has 2 aliphatic heterocycles. The minimum absolute atomic E-state index is 0.128. The Balaban J connectivity index is 1.85. The number of hydrogen-bond donors (Lipinski definition) is 1. The number of hydrogen-bond acceptors (Lipinski definition) is 5. The van der Waals surface area contributed by atoms with Gasteiger partial charge in [-0.2, -0.15) is 0 Å². The molecule has 2 atom stereocenters. The van der Waals surface area contributed by atoms with E-state index in [1.165, 1.54) is 11.8 Å². The van der Waals surface area contributed by atoms with Gasteiger partial charge in [0.25, 0.3) is 11.8 Å². The highest BCUT2D eigenvalue weighted by Crippen LogP contribution is 2.29. The number of ether oxygens (including phenoxy) is 1. The maximum absolute atomic E-state index is 12.9. The molecule has 0 radical (unpaired) electrons. The molecular weight excluding hydrogens is 362 g/mol. The topological polar surface area (TPSA) is 96.0 Å². The van der Waals surface area contributed by atoms with Crippen LogP contribution < -0.4 is 5.32 Å². The van der Waals surface area contributed by atoms with Gasteiger partial charge in [-0.05, 0) is 39.3 Å². The number of benzene rings is 1. The van der Waals surface area contributed by atoms with Crippen molar-refractivity contribution in [3.8, 4) is 0 Å². The molecular formula is C20H25N3O5. The highest BCUT2D eigenvalue weighted by atomic mass is 16.6. The largest absolute Gasteiger partial charge is 0.444 e. The number of fused-ring (bicyclic) bond motifs is 1. The third-order valence-electron chi connectivity index (χ3n) is 4.88. The van der Waals surface area contributed by atoms with Gasteiger partial charge in [0.15, 0.2) is 0 Å². The van der Waals surface area contributed by atoms with Crippen LogP contribution in [0.2, 0.25) is 0 Å². The molecule has 3 rings (SSSR count). The van der Waals surface area contributed by atoms with Crippen molar-refractivity contribution < 1.29 is 23.9 Å². The van der Waals surface area contributed by atoms with Crippen LogP contribution in [-0.2, 0) is 9.53 Å². The molecule has 8 nitrogen and oxygen atoms in total. The molecule has 0 unspecified atom stereocenters. The van der Waals surface area contributed by atoms with Crippen LogP contribution in [-0.4, -0.2) is 64.4 Å². The summed E-state index contributed by atoms with van der Waals surface area (Å²) in [5.41, 5.74) is 0.0272. The first kappa shape index (κ1) is 19.9. The van der Waals surface area contributed by atoms with Crippen LogP contribution in [0.3, 0.4) is 0 Å². The lowest BCUT2D eigenvalue weighted by atomic mass is 9.97. The lowest BCUT2D eigenvalue weighted by Crippen LogP contribution is -2.62. The van der Waals surface area contributed by atoms with Crippen LogP contribution in [0.15, 0.2) is 24.3 Å². The number of imide groups is 1. The molecule has 0 saturated carbocycles. The molecule has 2 aliphatic rings. The molecule has 28 heavy (non-hydrogen) atoms. The Labute approximate surface area is 163 Å². The Morgan fingerprint density at radius 3 is 2.18 bits per heavy atom. The summed E-state index contributed by atoms with van der Waals surface area (Å²) < 4.78 is 5.32. The summed E-state index contributed by atoms with van der Waals surface area (Å²) in [6.07, 6.45) is -0.268. The number of piperidine rings is 1. The van der Waals surface area contributed by atoms with Gasteiger partial charge >= 0.3 is 6.09 Å². The number of carbonyl (C=O) groups excluding carboxylic acids is 4. The number of nitrogens with zero attached hydrogens (tertiary/aromatic N) is 2. The third kappa shape index (κ3) is 3.85. The maximum Gasteiger partial charge on any atom is 0.408 e. The molecule has 1 aromatic carbocycles. The van der Waals surface area contributed by atoms with E-state index in [0.717, 1.165) is 0 Å². The number of likely N-dealkylation sites (tertiary alicyclic amines) is 1. The van der Waals surface area contributed by atoms with Crippen molar-refractivity contribution in [2.24, 2.45) is 0 Å². The maximum atomic E-state index is 12.9. The van der Waals surface area contributed by atoms with Crippen LogP contribution in [0.5, 0.6) is 0 Å². The molecule has 1 aromatic rings. The summed E-state index contributed by atoms with van der Waals surface area (Å²) in [6.45, 7) is 7.30. The quantitative estimate of drug-likeness (QED) is 0.781. The average Bonchev–Trinajstić information content (AvgIpc) is 2.85. The predicted octanol–water partition coefficient (Wildman–Crippen LogP) is 1.80. The van der Waals surface area contributed by atoms with E-state index in [0.29, 0.717) is 24.1 Å². The minimum Gasteiger partial charge on any atom is -0.444 e. The molecule has 8 heteroatoms. The zero-order chi connectivity index (χ0) is 20.6. The molecule has 4 amide bonds. The van der Waals surface area contributed by atoms with E-state index in [2.05, 4.69) is 5.32 Å². The molecule has 1 N–H and O–H groups in total. The normalized spacial score (nSPS) is 22.1. The summed E-state index contributed by atoms with van der Waals surface area (Å²) in [5.74, 6) is -0.882. The SMILES string of the molecule is CC(=O)N1CC[C@@H](N2C(=O)c3ccccc3C2=O)[C@@H](NC(=O)OC(C)(C)C)C1. The number of rotatable bonds is 2. The van der Waals surface area contributed by atoms with E-state index in [-0.39, 0.29) is 24.3 Å². The van der Waals surface area contributed by atoms with Gasteiger partial charge in [0.2, 0.25) is 5.91 Å². The lowest BCUT2D eigenvalue weighted by molar-refractivity contribution is -0.130. The molecule has 0 bridgehead atoms. The monoisotopic (exact) mass is 387 g/mol. The van der Waals surface area contributed by atoms with Gasteiger partial charge in [0.1, 0.15) is 5.60 Å². The van der Waals surface area contributed by atoms with Gasteiger partial charge in [-0.3, -0.25) is 19.3 Å². The second-order valence-electron chi connectivity index (χ2n) is 8.10. The third-order valence-corrected chi connectivity index (χ3v) is 4.88. The fourth-order valence-corrected chi connectivity index (χ4v) is 3.64. The average molecular weight is 387 g/mol. The van der Waals surface area contributed by atoms with Gasteiger partial charge in [0.05, 0.1) is 23.2 Å². The molecule has 1 fully saturated rings. The first-order valence-electron chi connectivity index (χ1n) is 9.30. The van der Waals surface area contributed by atoms with Crippen molar-refractivity contribution in [3.05, 3.63) is 35.4 Å². The first-order chi connectivity index (χ1) is 13.1. The van der Waals surface area contributed by atoms with Crippen LogP contribution in [0.4, 0.5) is 4.79 Å². The highest BCUT2D eigenvalue weighted by Gasteiger charge is 2.45. The Hall–Kier alpha value is -2.90. The zero-order valence-electron chi connectivity index (χ0n) is 16.5. The Bertz CT molecular complexity index is 794. The van der Waals surface area contributed by atoms with Gasteiger partial charge in [-0.1, -0.05) is 12.1 Å². The van der Waals surface area contributed by atoms with Crippen molar-refractivity contribution in [3.63, 3.8) is 0 Å². The van der Waals surface area contributed by atoms with Crippen molar-refractivity contribution in [2.45, 2.75) is 51.8 Å². The summed E-state index contributed by atoms with van der Waals surface area (Å²) in [7, 11) is 0. The van der Waals surface area contributed by atoms with Crippen LogP contribution in [0.25, 0.3) is 0 Å². The molecule has 0 spiro atoms. The van der Waals surface area contributed by atoms with Crippen molar-refractivity contribution in [1.29, 1.82) is 0 Å². The van der Waals surface area contributed by atoms with E-state index in [1.54, 1.807) is 49.9 Å². The van der Waals surface area contributed by atoms with E-state index < -0.39 is 23.8 Å². The minimum atomic E-state index is -0.690. The van der Waals surface area contributed by atoms with Crippen LogP contribution in [0, 0.1) is 0 Å².